The number of nitrogens with two attached hydrogens (primary N) is 1. The Balaban J connectivity index is 3.94. The fourth-order valence-electron chi connectivity index (χ4n) is 0.636. The lowest BCUT2D eigenvalue weighted by Crippen LogP contribution is -2.42. The molecule has 0 atom stereocenters. The molecule has 0 aliphatic rings. The van der Waals surface area contributed by atoms with E-state index in [9.17, 15) is 9.59 Å². The molecule has 0 spiro atoms. The molecule has 0 fully saturated rings. The molecule has 0 aromatic carbocycles. The first-order valence-electron chi connectivity index (χ1n) is 4.50. The highest BCUT2D eigenvalue weighted by Crippen LogP contribution is 2.11. The quantitative estimate of drug-likeness (QED) is 0.701. The SMILES string of the molecule is CC(C)OC(=O)NCC(C)(C)C(N)=O. The molecular formula is C9H18N2O3. The smallest absolute Gasteiger partial charge is 0.407 e. The summed E-state index contributed by atoms with van der Waals surface area (Å²) in [6, 6.07) is 0. The highest BCUT2D eigenvalue weighted by atomic mass is 16.6. The molecular weight excluding hydrogens is 184 g/mol. The zero-order valence-electron chi connectivity index (χ0n) is 9.09. The molecule has 0 aromatic heterocycles. The number of hydrogen-bond donors (Lipinski definition) is 2. The molecule has 0 unspecified atom stereocenters. The van der Waals surface area contributed by atoms with Crippen molar-refractivity contribution < 1.29 is 14.3 Å². The van der Waals surface area contributed by atoms with Crippen molar-refractivity contribution in [2.75, 3.05) is 6.54 Å². The van der Waals surface area contributed by atoms with E-state index in [0.717, 1.165) is 0 Å². The Labute approximate surface area is 84.0 Å². The summed E-state index contributed by atoms with van der Waals surface area (Å²) in [5.41, 5.74) is 4.37. The first kappa shape index (κ1) is 12.7. The predicted molar refractivity (Wildman–Crippen MR) is 52.6 cm³/mol. The van der Waals surface area contributed by atoms with Gasteiger partial charge in [0.25, 0.3) is 0 Å². The van der Waals surface area contributed by atoms with E-state index < -0.39 is 17.4 Å². The lowest BCUT2D eigenvalue weighted by Gasteiger charge is -2.20. The predicted octanol–water partition coefficient (Wildman–Crippen LogP) is 0.632. The van der Waals surface area contributed by atoms with E-state index in [1.807, 2.05) is 0 Å². The zero-order valence-corrected chi connectivity index (χ0v) is 9.09. The summed E-state index contributed by atoms with van der Waals surface area (Å²) in [5.74, 6) is -0.456. The minimum absolute atomic E-state index is 0.174. The summed E-state index contributed by atoms with van der Waals surface area (Å²) in [7, 11) is 0. The van der Waals surface area contributed by atoms with E-state index in [2.05, 4.69) is 5.32 Å². The van der Waals surface area contributed by atoms with Gasteiger partial charge in [0.15, 0.2) is 0 Å². The van der Waals surface area contributed by atoms with Crippen LogP contribution in [0.5, 0.6) is 0 Å². The van der Waals surface area contributed by atoms with E-state index >= 15 is 0 Å². The van der Waals surface area contributed by atoms with Crippen LogP contribution in [0, 0.1) is 5.41 Å². The van der Waals surface area contributed by atoms with Crippen molar-refractivity contribution >= 4 is 12.0 Å². The lowest BCUT2D eigenvalue weighted by molar-refractivity contribution is -0.125. The molecule has 0 saturated heterocycles. The van der Waals surface area contributed by atoms with E-state index in [1.165, 1.54) is 0 Å². The van der Waals surface area contributed by atoms with Crippen molar-refractivity contribution in [1.82, 2.24) is 5.32 Å². The minimum Gasteiger partial charge on any atom is -0.447 e. The number of hydrogen-bond acceptors (Lipinski definition) is 3. The van der Waals surface area contributed by atoms with Crippen molar-refractivity contribution in [3.63, 3.8) is 0 Å². The van der Waals surface area contributed by atoms with E-state index in [1.54, 1.807) is 27.7 Å². The van der Waals surface area contributed by atoms with Gasteiger partial charge in [0.2, 0.25) is 5.91 Å². The van der Waals surface area contributed by atoms with Crippen molar-refractivity contribution in [3.05, 3.63) is 0 Å². The molecule has 2 amide bonds. The van der Waals surface area contributed by atoms with Crippen LogP contribution in [0.1, 0.15) is 27.7 Å². The first-order valence-corrected chi connectivity index (χ1v) is 4.50. The van der Waals surface area contributed by atoms with E-state index in [-0.39, 0.29) is 12.6 Å². The summed E-state index contributed by atoms with van der Waals surface area (Å²) >= 11 is 0. The molecule has 0 heterocycles. The van der Waals surface area contributed by atoms with Crippen LogP contribution in [0.2, 0.25) is 0 Å². The number of rotatable bonds is 4. The minimum atomic E-state index is -0.754. The number of amides is 2. The summed E-state index contributed by atoms with van der Waals surface area (Å²) < 4.78 is 4.82. The highest BCUT2D eigenvalue weighted by Gasteiger charge is 2.25. The number of alkyl carbamates (subject to hydrolysis) is 1. The molecule has 0 aliphatic carbocycles. The maximum atomic E-state index is 11.0. The second kappa shape index (κ2) is 4.83. The van der Waals surface area contributed by atoms with Crippen LogP contribution < -0.4 is 11.1 Å². The number of ether oxygens (including phenoxy) is 1. The van der Waals surface area contributed by atoms with Gasteiger partial charge in [-0.3, -0.25) is 4.79 Å². The van der Waals surface area contributed by atoms with Gasteiger partial charge < -0.3 is 15.8 Å². The van der Waals surface area contributed by atoms with Gasteiger partial charge >= 0.3 is 6.09 Å². The molecule has 5 nitrogen and oxygen atoms in total. The molecule has 5 heteroatoms. The number of primary amides is 1. The summed E-state index contributed by atoms with van der Waals surface area (Å²) in [4.78, 5) is 21.9. The van der Waals surface area contributed by atoms with Gasteiger partial charge in [0.1, 0.15) is 0 Å². The van der Waals surface area contributed by atoms with Crippen LogP contribution in [-0.4, -0.2) is 24.6 Å². The number of carbonyl (C=O) groups is 2. The molecule has 0 aliphatic heterocycles. The Morgan fingerprint density at radius 3 is 2.29 bits per heavy atom. The Bertz CT molecular complexity index is 224. The van der Waals surface area contributed by atoms with Crippen LogP contribution in [0.4, 0.5) is 4.79 Å². The maximum absolute atomic E-state index is 11.0. The van der Waals surface area contributed by atoms with Gasteiger partial charge in [-0.15, -0.1) is 0 Å². The average Bonchev–Trinajstić information content (AvgIpc) is 1.99. The molecule has 0 radical (unpaired) electrons. The van der Waals surface area contributed by atoms with Gasteiger partial charge in [-0.05, 0) is 27.7 Å². The van der Waals surface area contributed by atoms with Crippen LogP contribution in [-0.2, 0) is 9.53 Å². The maximum Gasteiger partial charge on any atom is 0.407 e. The normalized spacial score (nSPS) is 11.2. The van der Waals surface area contributed by atoms with Gasteiger partial charge in [-0.2, -0.15) is 0 Å². The largest absolute Gasteiger partial charge is 0.447 e. The zero-order chi connectivity index (χ0) is 11.4. The fraction of sp³-hybridized carbons (Fsp3) is 0.778. The second-order valence-corrected chi connectivity index (χ2v) is 4.06. The lowest BCUT2D eigenvalue weighted by atomic mass is 9.93. The van der Waals surface area contributed by atoms with E-state index in [4.69, 9.17) is 10.5 Å². The van der Waals surface area contributed by atoms with Crippen molar-refractivity contribution in [2.24, 2.45) is 11.1 Å². The Morgan fingerprint density at radius 1 is 1.43 bits per heavy atom. The number of carbonyl (C=O) groups excluding carboxylic acids is 2. The Kier molecular flexibility index (Phi) is 4.40. The van der Waals surface area contributed by atoms with Crippen molar-refractivity contribution in [1.29, 1.82) is 0 Å². The molecule has 0 bridgehead atoms. The van der Waals surface area contributed by atoms with Crippen LogP contribution in [0.3, 0.4) is 0 Å². The third-order valence-electron chi connectivity index (χ3n) is 1.68. The monoisotopic (exact) mass is 202 g/mol. The molecule has 0 rings (SSSR count). The third kappa shape index (κ3) is 4.69. The second-order valence-electron chi connectivity index (χ2n) is 4.06. The third-order valence-corrected chi connectivity index (χ3v) is 1.68. The molecule has 0 saturated carbocycles. The molecule has 82 valence electrons. The van der Waals surface area contributed by atoms with Gasteiger partial charge in [0.05, 0.1) is 11.5 Å². The summed E-state index contributed by atoms with van der Waals surface area (Å²) in [5, 5.41) is 2.47. The molecule has 14 heavy (non-hydrogen) atoms. The van der Waals surface area contributed by atoms with Gasteiger partial charge in [0, 0.05) is 6.54 Å². The molecule has 3 N–H and O–H groups in total. The van der Waals surface area contributed by atoms with Crippen LogP contribution >= 0.6 is 0 Å². The first-order chi connectivity index (χ1) is 6.25. The Hall–Kier alpha value is -1.26. The summed E-state index contributed by atoms with van der Waals surface area (Å²) in [6.07, 6.45) is -0.707. The van der Waals surface area contributed by atoms with Crippen molar-refractivity contribution in [2.45, 2.75) is 33.8 Å². The van der Waals surface area contributed by atoms with Gasteiger partial charge in [-0.25, -0.2) is 4.79 Å². The van der Waals surface area contributed by atoms with E-state index in [0.29, 0.717) is 0 Å². The van der Waals surface area contributed by atoms with Crippen molar-refractivity contribution in [3.8, 4) is 0 Å². The topological polar surface area (TPSA) is 81.4 Å². The molecule has 0 aromatic rings. The number of nitrogens with one attached hydrogen (secondary N) is 1. The standard InChI is InChI=1S/C9H18N2O3/c1-6(2)14-8(13)11-5-9(3,4)7(10)12/h6H,5H2,1-4H3,(H2,10,12)(H,11,13). The highest BCUT2D eigenvalue weighted by molar-refractivity contribution is 5.81. The van der Waals surface area contributed by atoms with Gasteiger partial charge in [-0.1, -0.05) is 0 Å². The fourth-order valence-corrected chi connectivity index (χ4v) is 0.636. The Morgan fingerprint density at radius 2 is 1.93 bits per heavy atom. The van der Waals surface area contributed by atoms with Crippen LogP contribution in [0.25, 0.3) is 0 Å². The summed E-state index contributed by atoms with van der Waals surface area (Å²) in [6.45, 7) is 6.99. The average molecular weight is 202 g/mol. The van der Waals surface area contributed by atoms with Crippen LogP contribution in [0.15, 0.2) is 0 Å².